The molecular weight excluding hydrogens is 168 g/mol. The molecule has 0 spiro atoms. The summed E-state index contributed by atoms with van der Waals surface area (Å²) in [4.78, 5) is 0. The Labute approximate surface area is 76.5 Å². The number of aromatic hydroxyl groups is 1. The molecule has 0 aliphatic rings. The van der Waals surface area contributed by atoms with Gasteiger partial charge in [0.2, 0.25) is 0 Å². The second-order valence-corrected chi connectivity index (χ2v) is 2.59. The monoisotopic (exact) mass is 180 g/mol. The van der Waals surface area contributed by atoms with Crippen molar-refractivity contribution in [3.63, 3.8) is 0 Å². The lowest BCUT2D eigenvalue weighted by molar-refractivity contribution is 0.318. The third-order valence-electron chi connectivity index (χ3n) is 1.68. The first-order valence-electron chi connectivity index (χ1n) is 3.93. The van der Waals surface area contributed by atoms with Crippen molar-refractivity contribution in [3.05, 3.63) is 29.8 Å². The molecule has 0 saturated heterocycles. The SMILES string of the molecule is CNC/C(=N/O)c1ccccc1O. The van der Waals surface area contributed by atoms with Crippen LogP contribution in [0, 0.1) is 0 Å². The minimum atomic E-state index is 0.116. The van der Waals surface area contributed by atoms with Crippen LogP contribution in [0.25, 0.3) is 0 Å². The highest BCUT2D eigenvalue weighted by Crippen LogP contribution is 2.16. The van der Waals surface area contributed by atoms with Crippen molar-refractivity contribution in [1.82, 2.24) is 5.32 Å². The molecule has 0 aromatic heterocycles. The van der Waals surface area contributed by atoms with E-state index in [0.717, 1.165) is 0 Å². The van der Waals surface area contributed by atoms with Crippen molar-refractivity contribution in [2.75, 3.05) is 13.6 Å². The van der Waals surface area contributed by atoms with Gasteiger partial charge in [-0.1, -0.05) is 17.3 Å². The molecular formula is C9H12N2O2. The van der Waals surface area contributed by atoms with Crippen molar-refractivity contribution in [2.45, 2.75) is 0 Å². The molecule has 1 aromatic carbocycles. The minimum absolute atomic E-state index is 0.116. The van der Waals surface area contributed by atoms with E-state index in [1.807, 2.05) is 0 Å². The van der Waals surface area contributed by atoms with Crippen molar-refractivity contribution in [2.24, 2.45) is 5.16 Å². The van der Waals surface area contributed by atoms with E-state index in [0.29, 0.717) is 17.8 Å². The summed E-state index contributed by atoms with van der Waals surface area (Å²) in [6, 6.07) is 6.74. The number of nitrogens with one attached hydrogen (secondary N) is 1. The van der Waals surface area contributed by atoms with Gasteiger partial charge >= 0.3 is 0 Å². The van der Waals surface area contributed by atoms with E-state index in [1.54, 1.807) is 31.3 Å². The zero-order valence-electron chi connectivity index (χ0n) is 7.36. The summed E-state index contributed by atoms with van der Waals surface area (Å²) in [7, 11) is 1.74. The first kappa shape index (κ1) is 9.54. The predicted octanol–water partition coefficient (Wildman–Crippen LogP) is 0.790. The van der Waals surface area contributed by atoms with E-state index in [1.165, 1.54) is 0 Å². The number of para-hydroxylation sites is 1. The highest BCUT2D eigenvalue weighted by atomic mass is 16.4. The van der Waals surface area contributed by atoms with Crippen LogP contribution in [0.4, 0.5) is 0 Å². The summed E-state index contributed by atoms with van der Waals surface area (Å²) in [5, 5.41) is 24.0. The van der Waals surface area contributed by atoms with Crippen LogP contribution >= 0.6 is 0 Å². The van der Waals surface area contributed by atoms with E-state index >= 15 is 0 Å². The molecule has 0 bridgehead atoms. The molecule has 70 valence electrons. The Hall–Kier alpha value is -1.55. The quantitative estimate of drug-likeness (QED) is 0.366. The average Bonchev–Trinajstić information content (AvgIpc) is 2.16. The number of likely N-dealkylation sites (N-methyl/N-ethyl adjacent to an activating group) is 1. The van der Waals surface area contributed by atoms with Gasteiger partial charge in [-0.25, -0.2) is 0 Å². The van der Waals surface area contributed by atoms with Gasteiger partial charge in [-0.2, -0.15) is 0 Å². The third-order valence-corrected chi connectivity index (χ3v) is 1.68. The number of hydrogen-bond donors (Lipinski definition) is 3. The zero-order chi connectivity index (χ0) is 9.68. The number of benzene rings is 1. The summed E-state index contributed by atoms with van der Waals surface area (Å²) in [6.07, 6.45) is 0. The summed E-state index contributed by atoms with van der Waals surface area (Å²) in [5.74, 6) is 0.116. The van der Waals surface area contributed by atoms with Crippen LogP contribution in [0.2, 0.25) is 0 Å². The summed E-state index contributed by atoms with van der Waals surface area (Å²) >= 11 is 0. The molecule has 0 aliphatic carbocycles. The van der Waals surface area contributed by atoms with E-state index in [4.69, 9.17) is 5.21 Å². The molecule has 0 amide bonds. The van der Waals surface area contributed by atoms with Crippen molar-refractivity contribution >= 4 is 5.71 Å². The average molecular weight is 180 g/mol. The van der Waals surface area contributed by atoms with Gasteiger partial charge in [0, 0.05) is 12.1 Å². The van der Waals surface area contributed by atoms with Gasteiger partial charge in [-0.15, -0.1) is 0 Å². The van der Waals surface area contributed by atoms with E-state index < -0.39 is 0 Å². The molecule has 13 heavy (non-hydrogen) atoms. The number of phenols is 1. The van der Waals surface area contributed by atoms with Gasteiger partial charge in [0.05, 0.1) is 0 Å². The van der Waals surface area contributed by atoms with Crippen LogP contribution in [0.1, 0.15) is 5.56 Å². The van der Waals surface area contributed by atoms with E-state index in [9.17, 15) is 5.11 Å². The summed E-state index contributed by atoms with van der Waals surface area (Å²) in [5.41, 5.74) is 0.958. The maximum atomic E-state index is 9.42. The van der Waals surface area contributed by atoms with Crippen molar-refractivity contribution in [1.29, 1.82) is 0 Å². The molecule has 0 saturated carbocycles. The topological polar surface area (TPSA) is 64.9 Å². The molecule has 0 heterocycles. The maximum Gasteiger partial charge on any atom is 0.124 e. The first-order valence-corrected chi connectivity index (χ1v) is 3.93. The van der Waals surface area contributed by atoms with Crippen LogP contribution in [-0.2, 0) is 0 Å². The Kier molecular flexibility index (Phi) is 3.28. The fraction of sp³-hybridized carbons (Fsp3) is 0.222. The van der Waals surface area contributed by atoms with E-state index in [-0.39, 0.29) is 5.75 Å². The molecule has 3 N–H and O–H groups in total. The number of oxime groups is 1. The first-order chi connectivity index (χ1) is 6.29. The zero-order valence-corrected chi connectivity index (χ0v) is 7.36. The molecule has 0 aliphatic heterocycles. The number of rotatable bonds is 3. The normalized spacial score (nSPS) is 11.6. The van der Waals surface area contributed by atoms with Crippen LogP contribution < -0.4 is 5.32 Å². The molecule has 0 fully saturated rings. The lowest BCUT2D eigenvalue weighted by Crippen LogP contribution is -2.19. The summed E-state index contributed by atoms with van der Waals surface area (Å²) < 4.78 is 0. The standard InChI is InChI=1S/C9H12N2O2/c1-10-6-8(11-13)7-4-2-3-5-9(7)12/h2-5,10,12-13H,6H2,1H3/b11-8-. The lowest BCUT2D eigenvalue weighted by Gasteiger charge is -2.05. The van der Waals surface area contributed by atoms with Crippen molar-refractivity contribution in [3.8, 4) is 5.75 Å². The van der Waals surface area contributed by atoms with Gasteiger partial charge in [0.1, 0.15) is 11.5 Å². The largest absolute Gasteiger partial charge is 0.507 e. The second kappa shape index (κ2) is 4.47. The Morgan fingerprint density at radius 2 is 2.15 bits per heavy atom. The Morgan fingerprint density at radius 3 is 2.69 bits per heavy atom. The molecule has 1 rings (SSSR count). The van der Waals surface area contributed by atoms with Gasteiger partial charge in [0.15, 0.2) is 0 Å². The molecule has 4 heteroatoms. The van der Waals surface area contributed by atoms with Gasteiger partial charge in [-0.05, 0) is 19.2 Å². The minimum Gasteiger partial charge on any atom is -0.507 e. The van der Waals surface area contributed by atoms with Crippen LogP contribution in [0.5, 0.6) is 5.75 Å². The van der Waals surface area contributed by atoms with Crippen LogP contribution in [0.15, 0.2) is 29.4 Å². The molecule has 1 aromatic rings. The fourth-order valence-corrected chi connectivity index (χ4v) is 1.07. The second-order valence-electron chi connectivity index (χ2n) is 2.59. The van der Waals surface area contributed by atoms with Crippen LogP contribution in [-0.4, -0.2) is 29.6 Å². The predicted molar refractivity (Wildman–Crippen MR) is 50.4 cm³/mol. The number of hydrogen-bond acceptors (Lipinski definition) is 4. The maximum absolute atomic E-state index is 9.42. The Balaban J connectivity index is 2.99. The highest BCUT2D eigenvalue weighted by molar-refractivity contribution is 6.03. The Morgan fingerprint density at radius 1 is 1.46 bits per heavy atom. The fourth-order valence-electron chi connectivity index (χ4n) is 1.07. The van der Waals surface area contributed by atoms with Crippen LogP contribution in [0.3, 0.4) is 0 Å². The van der Waals surface area contributed by atoms with Crippen molar-refractivity contribution < 1.29 is 10.3 Å². The molecule has 0 radical (unpaired) electrons. The Bertz CT molecular complexity index is 310. The van der Waals surface area contributed by atoms with Gasteiger partial charge in [0.25, 0.3) is 0 Å². The third kappa shape index (κ3) is 2.19. The van der Waals surface area contributed by atoms with Gasteiger partial charge < -0.3 is 15.6 Å². The number of nitrogens with zero attached hydrogens (tertiary/aromatic N) is 1. The van der Waals surface area contributed by atoms with Gasteiger partial charge in [-0.3, -0.25) is 0 Å². The molecule has 0 unspecified atom stereocenters. The smallest absolute Gasteiger partial charge is 0.124 e. The molecule has 0 atom stereocenters. The van der Waals surface area contributed by atoms with E-state index in [2.05, 4.69) is 10.5 Å². The highest BCUT2D eigenvalue weighted by Gasteiger charge is 2.07. The lowest BCUT2D eigenvalue weighted by atomic mass is 10.1. The number of phenolic OH excluding ortho intramolecular Hbond substituents is 1. The molecule has 4 nitrogen and oxygen atoms in total. The summed E-state index contributed by atoms with van der Waals surface area (Å²) in [6.45, 7) is 0.411.